The summed E-state index contributed by atoms with van der Waals surface area (Å²) < 4.78 is 0. The van der Waals surface area contributed by atoms with Gasteiger partial charge in [0.15, 0.2) is 0 Å². The fourth-order valence-electron chi connectivity index (χ4n) is 1.97. The largest absolute Gasteiger partial charge is 0.356 e. The van der Waals surface area contributed by atoms with Gasteiger partial charge in [0.05, 0.1) is 0 Å². The van der Waals surface area contributed by atoms with Crippen LogP contribution in [0.4, 0.5) is 5.95 Å². The summed E-state index contributed by atoms with van der Waals surface area (Å²) in [6.07, 6.45) is 3.81. The SMILES string of the molecule is O=C(CCNc1ncccn1)NCCC(=O)NCc1ccccc1. The highest BCUT2D eigenvalue weighted by atomic mass is 16.2. The number of nitrogens with one attached hydrogen (secondary N) is 3. The fraction of sp³-hybridized carbons (Fsp3) is 0.294. The molecule has 0 spiro atoms. The molecule has 2 aromatic rings. The molecule has 0 saturated heterocycles. The highest BCUT2D eigenvalue weighted by Crippen LogP contribution is 1.97. The van der Waals surface area contributed by atoms with Crippen molar-refractivity contribution in [1.29, 1.82) is 0 Å². The lowest BCUT2D eigenvalue weighted by Gasteiger charge is -2.07. The monoisotopic (exact) mass is 327 g/mol. The molecule has 3 N–H and O–H groups in total. The van der Waals surface area contributed by atoms with Gasteiger partial charge >= 0.3 is 0 Å². The van der Waals surface area contributed by atoms with Gasteiger partial charge in [-0.2, -0.15) is 0 Å². The Morgan fingerprint density at radius 3 is 2.25 bits per heavy atom. The first-order valence-electron chi connectivity index (χ1n) is 7.82. The van der Waals surface area contributed by atoms with Crippen LogP contribution >= 0.6 is 0 Å². The maximum absolute atomic E-state index is 11.7. The van der Waals surface area contributed by atoms with Crippen molar-refractivity contribution in [2.75, 3.05) is 18.4 Å². The minimum absolute atomic E-state index is 0.0880. The number of benzene rings is 1. The molecule has 2 amide bonds. The molecule has 0 unspecified atom stereocenters. The summed E-state index contributed by atoms with van der Waals surface area (Å²) in [5.74, 6) is 0.287. The molecule has 1 heterocycles. The molecular weight excluding hydrogens is 306 g/mol. The zero-order chi connectivity index (χ0) is 17.0. The highest BCUT2D eigenvalue weighted by Gasteiger charge is 2.04. The van der Waals surface area contributed by atoms with Crippen LogP contribution in [0.3, 0.4) is 0 Å². The Hall–Kier alpha value is -2.96. The van der Waals surface area contributed by atoms with Crippen LogP contribution in [-0.4, -0.2) is 34.9 Å². The Morgan fingerprint density at radius 2 is 1.50 bits per heavy atom. The normalized spacial score (nSPS) is 10.0. The van der Waals surface area contributed by atoms with E-state index in [-0.39, 0.29) is 18.2 Å². The average Bonchev–Trinajstić information content (AvgIpc) is 2.62. The topological polar surface area (TPSA) is 96.0 Å². The van der Waals surface area contributed by atoms with Crippen molar-refractivity contribution < 1.29 is 9.59 Å². The first-order chi connectivity index (χ1) is 11.7. The minimum Gasteiger partial charge on any atom is -0.356 e. The molecule has 2 rings (SSSR count). The van der Waals surface area contributed by atoms with Crippen molar-refractivity contribution in [3.8, 4) is 0 Å². The van der Waals surface area contributed by atoms with Gasteiger partial charge < -0.3 is 16.0 Å². The van der Waals surface area contributed by atoms with Crippen LogP contribution in [0, 0.1) is 0 Å². The van der Waals surface area contributed by atoms with Gasteiger partial charge in [0.1, 0.15) is 0 Å². The molecule has 0 bridgehead atoms. The molecule has 7 heteroatoms. The number of hydrogen-bond donors (Lipinski definition) is 3. The van der Waals surface area contributed by atoms with E-state index < -0.39 is 0 Å². The molecule has 0 saturated carbocycles. The van der Waals surface area contributed by atoms with E-state index in [0.717, 1.165) is 5.56 Å². The summed E-state index contributed by atoms with van der Waals surface area (Å²) >= 11 is 0. The number of carbonyl (C=O) groups excluding carboxylic acids is 2. The molecule has 1 aromatic heterocycles. The Kier molecular flexibility index (Phi) is 7.20. The zero-order valence-corrected chi connectivity index (χ0v) is 13.4. The molecule has 24 heavy (non-hydrogen) atoms. The Morgan fingerprint density at radius 1 is 0.833 bits per heavy atom. The third kappa shape index (κ3) is 6.87. The highest BCUT2D eigenvalue weighted by molar-refractivity contribution is 5.79. The van der Waals surface area contributed by atoms with Crippen molar-refractivity contribution in [3.05, 3.63) is 54.4 Å². The Balaban J connectivity index is 1.53. The molecular formula is C17H21N5O2. The number of aromatic nitrogens is 2. The molecule has 126 valence electrons. The van der Waals surface area contributed by atoms with Gasteiger partial charge in [-0.25, -0.2) is 9.97 Å². The van der Waals surface area contributed by atoms with Crippen LogP contribution in [0.25, 0.3) is 0 Å². The van der Waals surface area contributed by atoms with Crippen molar-refractivity contribution in [2.24, 2.45) is 0 Å². The van der Waals surface area contributed by atoms with Gasteiger partial charge in [-0.1, -0.05) is 30.3 Å². The molecule has 0 fully saturated rings. The average molecular weight is 327 g/mol. The zero-order valence-electron chi connectivity index (χ0n) is 13.4. The van der Waals surface area contributed by atoms with Crippen LogP contribution in [-0.2, 0) is 16.1 Å². The standard InChI is InChI=1S/C17H21N5O2/c23-15(8-12-21-17-19-9-4-10-20-17)18-11-7-16(24)22-13-14-5-2-1-3-6-14/h1-6,9-10H,7-8,11-13H2,(H,18,23)(H,22,24)(H,19,20,21). The van der Waals surface area contributed by atoms with E-state index in [9.17, 15) is 9.59 Å². The second kappa shape index (κ2) is 9.94. The molecule has 0 radical (unpaired) electrons. The third-order valence-corrected chi connectivity index (χ3v) is 3.21. The number of amides is 2. The summed E-state index contributed by atoms with van der Waals surface area (Å²) in [6.45, 7) is 1.26. The minimum atomic E-state index is -0.116. The summed E-state index contributed by atoms with van der Waals surface area (Å²) in [5.41, 5.74) is 1.05. The molecule has 0 aliphatic heterocycles. The number of nitrogens with zero attached hydrogens (tertiary/aromatic N) is 2. The smallest absolute Gasteiger partial charge is 0.222 e. The van der Waals surface area contributed by atoms with Crippen molar-refractivity contribution >= 4 is 17.8 Å². The van der Waals surface area contributed by atoms with Crippen LogP contribution in [0.15, 0.2) is 48.8 Å². The molecule has 0 atom stereocenters. The van der Waals surface area contributed by atoms with E-state index in [1.165, 1.54) is 0 Å². The van der Waals surface area contributed by atoms with Crippen LogP contribution in [0.2, 0.25) is 0 Å². The maximum atomic E-state index is 11.7. The van der Waals surface area contributed by atoms with Gasteiger partial charge in [0, 0.05) is 44.9 Å². The van der Waals surface area contributed by atoms with Crippen molar-refractivity contribution in [2.45, 2.75) is 19.4 Å². The van der Waals surface area contributed by atoms with E-state index >= 15 is 0 Å². The van der Waals surface area contributed by atoms with Gasteiger partial charge in [-0.15, -0.1) is 0 Å². The fourth-order valence-corrected chi connectivity index (χ4v) is 1.97. The first-order valence-corrected chi connectivity index (χ1v) is 7.82. The number of carbonyl (C=O) groups is 2. The molecule has 0 aliphatic rings. The number of rotatable bonds is 9. The molecule has 0 aliphatic carbocycles. The summed E-state index contributed by atoms with van der Waals surface area (Å²) in [6, 6.07) is 11.4. The number of anilines is 1. The van der Waals surface area contributed by atoms with Crippen LogP contribution in [0.1, 0.15) is 18.4 Å². The van der Waals surface area contributed by atoms with Crippen LogP contribution < -0.4 is 16.0 Å². The van der Waals surface area contributed by atoms with Gasteiger partial charge in [0.25, 0.3) is 0 Å². The summed E-state index contributed by atoms with van der Waals surface area (Å²) in [5, 5.41) is 8.49. The first kappa shape index (κ1) is 17.4. The van der Waals surface area contributed by atoms with E-state index in [4.69, 9.17) is 0 Å². The van der Waals surface area contributed by atoms with E-state index in [1.807, 2.05) is 30.3 Å². The van der Waals surface area contributed by atoms with Gasteiger partial charge in [-0.05, 0) is 11.6 Å². The lowest BCUT2D eigenvalue weighted by molar-refractivity contribution is -0.122. The molecule has 1 aromatic carbocycles. The van der Waals surface area contributed by atoms with E-state index in [2.05, 4.69) is 25.9 Å². The Labute approximate surface area is 140 Å². The second-order valence-corrected chi connectivity index (χ2v) is 5.11. The lowest BCUT2D eigenvalue weighted by atomic mass is 10.2. The van der Waals surface area contributed by atoms with Crippen molar-refractivity contribution in [3.63, 3.8) is 0 Å². The lowest BCUT2D eigenvalue weighted by Crippen LogP contribution is -2.31. The number of hydrogen-bond acceptors (Lipinski definition) is 5. The van der Waals surface area contributed by atoms with Gasteiger partial charge in [0.2, 0.25) is 17.8 Å². The second-order valence-electron chi connectivity index (χ2n) is 5.11. The van der Waals surface area contributed by atoms with Crippen LogP contribution in [0.5, 0.6) is 0 Å². The predicted molar refractivity (Wildman–Crippen MR) is 91.1 cm³/mol. The van der Waals surface area contributed by atoms with E-state index in [0.29, 0.717) is 32.0 Å². The third-order valence-electron chi connectivity index (χ3n) is 3.21. The maximum Gasteiger partial charge on any atom is 0.222 e. The molecule has 7 nitrogen and oxygen atoms in total. The quantitative estimate of drug-likeness (QED) is 0.641. The van der Waals surface area contributed by atoms with Gasteiger partial charge in [-0.3, -0.25) is 9.59 Å². The Bertz CT molecular complexity index is 634. The summed E-state index contributed by atoms with van der Waals surface area (Å²) in [7, 11) is 0. The predicted octanol–water partition coefficient (Wildman–Crippen LogP) is 1.10. The summed E-state index contributed by atoms with van der Waals surface area (Å²) in [4.78, 5) is 31.4. The van der Waals surface area contributed by atoms with E-state index in [1.54, 1.807) is 18.5 Å². The van der Waals surface area contributed by atoms with Crippen molar-refractivity contribution in [1.82, 2.24) is 20.6 Å².